The van der Waals surface area contributed by atoms with Crippen LogP contribution in [0.4, 0.5) is 0 Å². The lowest BCUT2D eigenvalue weighted by Gasteiger charge is -2.35. The molecule has 0 aliphatic carbocycles. The lowest BCUT2D eigenvalue weighted by atomic mass is 10.2. The predicted molar refractivity (Wildman–Crippen MR) is 93.7 cm³/mol. The molecule has 122 valence electrons. The van der Waals surface area contributed by atoms with E-state index < -0.39 is 0 Å². The molecule has 1 saturated heterocycles. The number of piperazine rings is 1. The second-order valence-corrected chi connectivity index (χ2v) is 6.36. The summed E-state index contributed by atoms with van der Waals surface area (Å²) >= 11 is 1.90. The van der Waals surface area contributed by atoms with Crippen molar-refractivity contribution in [3.63, 3.8) is 0 Å². The van der Waals surface area contributed by atoms with E-state index in [-0.39, 0.29) is 36.8 Å². The van der Waals surface area contributed by atoms with Crippen molar-refractivity contribution in [2.45, 2.75) is 32.9 Å². The van der Waals surface area contributed by atoms with Crippen LogP contribution >= 0.6 is 36.2 Å². The van der Waals surface area contributed by atoms with Gasteiger partial charge in [0, 0.05) is 42.5 Å². The monoisotopic (exact) mass is 353 g/mol. The maximum Gasteiger partial charge on any atom is 0.239 e. The normalized spacial score (nSPS) is 16.8. The van der Waals surface area contributed by atoms with Crippen LogP contribution in [0.3, 0.4) is 0 Å². The van der Waals surface area contributed by atoms with E-state index in [0.29, 0.717) is 0 Å². The van der Waals surface area contributed by atoms with Crippen molar-refractivity contribution in [3.05, 3.63) is 21.9 Å². The molecule has 2 heterocycles. The van der Waals surface area contributed by atoms with Crippen LogP contribution in [0.25, 0.3) is 0 Å². The van der Waals surface area contributed by atoms with Gasteiger partial charge in [-0.25, -0.2) is 0 Å². The fourth-order valence-corrected chi connectivity index (χ4v) is 3.33. The Morgan fingerprint density at radius 2 is 1.81 bits per heavy atom. The minimum absolute atomic E-state index is 0. The van der Waals surface area contributed by atoms with Gasteiger partial charge in [-0.15, -0.1) is 36.2 Å². The second-order valence-electron chi connectivity index (χ2n) is 5.11. The van der Waals surface area contributed by atoms with Crippen molar-refractivity contribution < 1.29 is 4.79 Å². The molecular formula is C14H25Cl2N3OS. The fraction of sp³-hybridized carbons (Fsp3) is 0.643. The van der Waals surface area contributed by atoms with Crippen LogP contribution in [-0.4, -0.2) is 47.9 Å². The lowest BCUT2D eigenvalue weighted by molar-refractivity contribution is -0.134. The van der Waals surface area contributed by atoms with Gasteiger partial charge in [0.05, 0.1) is 6.04 Å². The molecule has 1 aliphatic heterocycles. The van der Waals surface area contributed by atoms with Gasteiger partial charge >= 0.3 is 0 Å². The van der Waals surface area contributed by atoms with Gasteiger partial charge in [0.15, 0.2) is 0 Å². The smallest absolute Gasteiger partial charge is 0.239 e. The number of nitrogens with zero attached hydrogens (tertiary/aromatic N) is 2. The molecule has 0 saturated carbocycles. The Bertz CT molecular complexity index is 432. The second kappa shape index (κ2) is 9.64. The van der Waals surface area contributed by atoms with E-state index in [0.717, 1.165) is 39.1 Å². The molecule has 21 heavy (non-hydrogen) atoms. The number of carbonyl (C=O) groups excluding carboxylic acids is 1. The summed E-state index contributed by atoms with van der Waals surface area (Å²) in [6.45, 7) is 8.43. The number of hydrogen-bond donors (Lipinski definition) is 1. The van der Waals surface area contributed by atoms with Crippen LogP contribution in [0.1, 0.15) is 23.6 Å². The lowest BCUT2D eigenvalue weighted by Crippen LogP contribution is -2.52. The number of hydrogen-bond acceptors (Lipinski definition) is 4. The Morgan fingerprint density at radius 1 is 1.24 bits per heavy atom. The maximum absolute atomic E-state index is 11.8. The minimum atomic E-state index is -0.379. The number of carbonyl (C=O) groups is 1. The van der Waals surface area contributed by atoms with Gasteiger partial charge in [-0.1, -0.05) is 6.92 Å². The highest BCUT2D eigenvalue weighted by molar-refractivity contribution is 7.11. The van der Waals surface area contributed by atoms with Crippen molar-refractivity contribution in [2.75, 3.05) is 26.2 Å². The van der Waals surface area contributed by atoms with Crippen molar-refractivity contribution in [3.8, 4) is 0 Å². The van der Waals surface area contributed by atoms with E-state index in [4.69, 9.17) is 5.73 Å². The van der Waals surface area contributed by atoms with Crippen LogP contribution in [0.2, 0.25) is 0 Å². The van der Waals surface area contributed by atoms with E-state index in [9.17, 15) is 4.79 Å². The molecule has 0 spiro atoms. The van der Waals surface area contributed by atoms with Crippen molar-refractivity contribution >= 4 is 42.1 Å². The summed E-state index contributed by atoms with van der Waals surface area (Å²) in [5, 5.41) is 0. The molecule has 0 unspecified atom stereocenters. The number of thiophene rings is 1. The molecule has 1 atom stereocenters. The third-order valence-electron chi connectivity index (χ3n) is 3.52. The highest BCUT2D eigenvalue weighted by Crippen LogP contribution is 2.19. The Balaban J connectivity index is 0.00000200. The highest BCUT2D eigenvalue weighted by Gasteiger charge is 2.23. The maximum atomic E-state index is 11.8. The van der Waals surface area contributed by atoms with Gasteiger partial charge in [-0.05, 0) is 25.5 Å². The van der Waals surface area contributed by atoms with E-state index in [1.807, 2.05) is 16.2 Å². The summed E-state index contributed by atoms with van der Waals surface area (Å²) < 4.78 is 0. The summed E-state index contributed by atoms with van der Waals surface area (Å²) in [6.07, 6.45) is 1.11. The third-order valence-corrected chi connectivity index (χ3v) is 4.73. The molecule has 7 heteroatoms. The highest BCUT2D eigenvalue weighted by atomic mass is 35.5. The quantitative estimate of drug-likeness (QED) is 0.901. The van der Waals surface area contributed by atoms with Crippen molar-refractivity contribution in [2.24, 2.45) is 5.73 Å². The van der Waals surface area contributed by atoms with E-state index >= 15 is 0 Å². The van der Waals surface area contributed by atoms with Gasteiger partial charge in [-0.2, -0.15) is 0 Å². The molecule has 1 aromatic heterocycles. The average molecular weight is 354 g/mol. The molecule has 2 N–H and O–H groups in total. The zero-order chi connectivity index (χ0) is 13.8. The Morgan fingerprint density at radius 3 is 2.29 bits per heavy atom. The van der Waals surface area contributed by atoms with Crippen LogP contribution in [0.15, 0.2) is 12.1 Å². The van der Waals surface area contributed by atoms with Gasteiger partial charge < -0.3 is 10.6 Å². The Labute approximate surface area is 143 Å². The first-order valence-electron chi connectivity index (χ1n) is 6.94. The molecule has 4 nitrogen and oxygen atoms in total. The van der Waals surface area contributed by atoms with Crippen molar-refractivity contribution in [1.82, 2.24) is 9.80 Å². The van der Waals surface area contributed by atoms with Crippen LogP contribution < -0.4 is 5.73 Å². The molecule has 0 bridgehead atoms. The first kappa shape index (κ1) is 20.7. The van der Waals surface area contributed by atoms with Gasteiger partial charge in [0.2, 0.25) is 5.91 Å². The molecule has 0 aromatic carbocycles. The number of rotatable bonds is 4. The SMILES string of the molecule is CCc1ccc(CN2CCN(C(=O)[C@@H](C)N)CC2)s1.Cl.Cl. The Hall–Kier alpha value is -0.330. The van der Waals surface area contributed by atoms with Gasteiger partial charge in [0.1, 0.15) is 0 Å². The van der Waals surface area contributed by atoms with Crippen LogP contribution in [0, 0.1) is 0 Å². The first-order chi connectivity index (χ1) is 9.10. The molecule has 0 radical (unpaired) electrons. The molecule has 1 aliphatic rings. The number of nitrogens with two attached hydrogens (primary N) is 1. The zero-order valence-electron chi connectivity index (χ0n) is 12.6. The number of halogens is 2. The minimum Gasteiger partial charge on any atom is -0.339 e. The molecule has 2 rings (SSSR count). The topological polar surface area (TPSA) is 49.6 Å². The molecule has 1 aromatic rings. The summed E-state index contributed by atoms with van der Waals surface area (Å²) in [6, 6.07) is 4.06. The number of amides is 1. The molecule has 1 amide bonds. The summed E-state index contributed by atoms with van der Waals surface area (Å²) in [7, 11) is 0. The zero-order valence-corrected chi connectivity index (χ0v) is 15.0. The standard InChI is InChI=1S/C14H23N3OS.2ClH/c1-3-12-4-5-13(19-12)10-16-6-8-17(9-7-16)14(18)11(2)15;;/h4-5,11H,3,6-10,15H2,1-2H3;2*1H/t11-;;/m1../s1. The van der Waals surface area contributed by atoms with Gasteiger partial charge in [-0.3, -0.25) is 9.69 Å². The number of aryl methyl sites for hydroxylation is 1. The Kier molecular flexibility index (Phi) is 9.49. The summed E-state index contributed by atoms with van der Waals surface area (Å²) in [4.78, 5) is 18.9. The van der Waals surface area contributed by atoms with Crippen molar-refractivity contribution in [1.29, 1.82) is 0 Å². The predicted octanol–water partition coefficient (Wildman–Crippen LogP) is 2.15. The molecular weight excluding hydrogens is 329 g/mol. The van der Waals surface area contributed by atoms with E-state index in [2.05, 4.69) is 24.0 Å². The average Bonchev–Trinajstić information content (AvgIpc) is 2.86. The fourth-order valence-electron chi connectivity index (χ4n) is 2.33. The first-order valence-corrected chi connectivity index (χ1v) is 7.76. The van der Waals surface area contributed by atoms with Gasteiger partial charge in [0.25, 0.3) is 0 Å². The largest absolute Gasteiger partial charge is 0.339 e. The van der Waals surface area contributed by atoms with E-state index in [1.165, 1.54) is 9.75 Å². The summed E-state index contributed by atoms with van der Waals surface area (Å²) in [5.41, 5.74) is 5.64. The molecule has 1 fully saturated rings. The van der Waals surface area contributed by atoms with E-state index in [1.54, 1.807) is 6.92 Å². The third kappa shape index (κ3) is 5.75. The van der Waals surface area contributed by atoms with Crippen LogP contribution in [0.5, 0.6) is 0 Å². The van der Waals surface area contributed by atoms with Crippen LogP contribution in [-0.2, 0) is 17.8 Å². The summed E-state index contributed by atoms with van der Waals surface area (Å²) in [5.74, 6) is 0.0732.